The van der Waals surface area contributed by atoms with Gasteiger partial charge in [0.1, 0.15) is 0 Å². The molecule has 0 amide bonds. The highest BCUT2D eigenvalue weighted by Gasteiger charge is 1.79. The predicted octanol–water partition coefficient (Wildman–Crippen LogP) is 0.0225. The van der Waals surface area contributed by atoms with E-state index in [4.69, 9.17) is 6.63 Å². The molecule has 1 N–H and O–H groups in total. The molecule has 0 saturated heterocycles. The highest BCUT2D eigenvalue weighted by atomic mass is 17.1. The van der Waals surface area contributed by atoms with Gasteiger partial charge in [-0.2, -0.15) is 5.26 Å². The van der Waals surface area contributed by atoms with E-state index in [2.05, 4.69) is 4.89 Å². The first kappa shape index (κ1) is 2.66. The first-order valence-electron chi connectivity index (χ1n) is 1.65. The van der Waals surface area contributed by atoms with Crippen LogP contribution in [0, 0.1) is 0 Å². The minimum Gasteiger partial charge on any atom is -0.301 e. The molecule has 0 aliphatic carbocycles. The van der Waals surface area contributed by atoms with Crippen molar-refractivity contribution >= 4 is 5.97 Å². The summed E-state index contributed by atoms with van der Waals surface area (Å²) in [7, 11) is 0. The number of hydrogen-bond donors (Lipinski definition) is 1. The van der Waals surface area contributed by atoms with Gasteiger partial charge in [0.15, 0.2) is 0 Å². The fourth-order valence-corrected chi connectivity index (χ4v) is 0. The number of hydrogen-bond acceptors (Lipinski definition) is 3. The smallest absolute Gasteiger partial charge is 0.301 e. The summed E-state index contributed by atoms with van der Waals surface area (Å²) < 4.78 is 6.17. The minimum absolute atomic E-state index is 0.531. The van der Waals surface area contributed by atoms with Crippen molar-refractivity contribution in [3.63, 3.8) is 0 Å². The Kier molecular flexibility index (Phi) is 0.914. The molecule has 3 nitrogen and oxygen atoms in total. The molecule has 0 rings (SSSR count). The molecule has 0 aromatic heterocycles. The van der Waals surface area contributed by atoms with Crippen LogP contribution in [0.4, 0.5) is 0 Å². The fourth-order valence-electron chi connectivity index (χ4n) is 0. The van der Waals surface area contributed by atoms with Crippen LogP contribution in [0.5, 0.6) is 0 Å². The lowest BCUT2D eigenvalue weighted by atomic mass is 10.9. The van der Waals surface area contributed by atoms with Crippen LogP contribution in [-0.2, 0) is 9.68 Å². The highest BCUT2D eigenvalue weighted by Crippen LogP contribution is 1.59. The maximum atomic E-state index is 9.52. The molecule has 0 aliphatic heterocycles. The summed E-state index contributed by atoms with van der Waals surface area (Å²) >= 11 is 0. The summed E-state index contributed by atoms with van der Waals surface area (Å²) in [5.74, 6) is -0.935. The summed E-state index contributed by atoms with van der Waals surface area (Å²) in [5, 5.41) is 7.37. The zero-order valence-corrected chi connectivity index (χ0v) is 2.47. The van der Waals surface area contributed by atoms with E-state index in [1.165, 1.54) is 0 Å². The maximum absolute atomic E-state index is 9.52. The molecule has 0 aromatic rings. The third-order valence-electron chi connectivity index (χ3n) is 0.102. The van der Waals surface area contributed by atoms with Crippen molar-refractivity contribution in [2.75, 3.05) is 0 Å². The molecule has 0 radical (unpaired) electrons. The van der Waals surface area contributed by atoms with Gasteiger partial charge >= 0.3 is 5.97 Å². The lowest BCUT2D eigenvalue weighted by molar-refractivity contribution is -0.231. The van der Waals surface area contributed by atoms with Gasteiger partial charge in [0.05, 0.1) is 0 Å². The average molecular weight is 77.1 g/mol. The Balaban J connectivity index is 2.99. The van der Waals surface area contributed by atoms with Crippen molar-refractivity contribution in [2.45, 2.75) is 6.90 Å². The third-order valence-corrected chi connectivity index (χ3v) is 0.102. The van der Waals surface area contributed by atoms with Crippen molar-refractivity contribution in [3.8, 4) is 0 Å². The topological polar surface area (TPSA) is 46.5 Å². The SMILES string of the molecule is [2H]CC(=O)OO. The van der Waals surface area contributed by atoms with E-state index in [0.717, 1.165) is 0 Å². The van der Waals surface area contributed by atoms with E-state index in [1.54, 1.807) is 0 Å². The van der Waals surface area contributed by atoms with Crippen molar-refractivity contribution < 1.29 is 16.3 Å². The summed E-state index contributed by atoms with van der Waals surface area (Å²) in [6, 6.07) is 0. The number of rotatable bonds is 0. The van der Waals surface area contributed by atoms with Crippen molar-refractivity contribution in [1.82, 2.24) is 0 Å². The monoisotopic (exact) mass is 77.0 g/mol. The van der Waals surface area contributed by atoms with Crippen LogP contribution in [0.15, 0.2) is 0 Å². The largest absolute Gasteiger partial charge is 0.339 e. The molecule has 30 valence electrons. The van der Waals surface area contributed by atoms with Gasteiger partial charge in [-0.25, -0.2) is 4.79 Å². The van der Waals surface area contributed by atoms with Crippen molar-refractivity contribution in [3.05, 3.63) is 0 Å². The molecule has 0 heterocycles. The van der Waals surface area contributed by atoms with Gasteiger partial charge in [0.2, 0.25) is 0 Å². The lowest BCUT2D eigenvalue weighted by Crippen LogP contribution is -1.89. The zero-order valence-electron chi connectivity index (χ0n) is 3.47. The molecule has 3 heteroatoms. The second kappa shape index (κ2) is 1.72. The van der Waals surface area contributed by atoms with Gasteiger partial charge in [-0.1, -0.05) is 0 Å². The second-order valence-corrected chi connectivity index (χ2v) is 0.463. The van der Waals surface area contributed by atoms with Crippen molar-refractivity contribution in [2.24, 2.45) is 0 Å². The zero-order chi connectivity index (χ0) is 4.99. The molecule has 0 bridgehead atoms. The fraction of sp³-hybridized carbons (Fsp3) is 0.500. The highest BCUT2D eigenvalue weighted by molar-refractivity contribution is 5.64. The molecule has 0 atom stereocenters. The summed E-state index contributed by atoms with van der Waals surface area (Å²) in [5.41, 5.74) is 0. The van der Waals surface area contributed by atoms with Gasteiger partial charge in [-0.3, -0.25) is 0 Å². The van der Waals surface area contributed by atoms with Crippen LogP contribution in [0.1, 0.15) is 8.27 Å². The van der Waals surface area contributed by atoms with Crippen LogP contribution in [0.3, 0.4) is 0 Å². The second-order valence-electron chi connectivity index (χ2n) is 0.463. The molecular weight excluding hydrogens is 72.0 g/mol. The average Bonchev–Trinajstić information content (AvgIpc) is 1.65. The third kappa shape index (κ3) is 3.43. The standard InChI is InChI=1S/C2H4O3/c1-2(3)5-4/h4H,1H3/i1D. The van der Waals surface area contributed by atoms with Crippen molar-refractivity contribution in [1.29, 1.82) is 0 Å². The van der Waals surface area contributed by atoms with Gasteiger partial charge in [-0.05, 0) is 0 Å². The van der Waals surface area contributed by atoms with Gasteiger partial charge in [0.25, 0.3) is 0 Å². The molecule has 0 spiro atoms. The molecule has 5 heavy (non-hydrogen) atoms. The van der Waals surface area contributed by atoms with Crippen LogP contribution in [0.2, 0.25) is 0 Å². The van der Waals surface area contributed by atoms with E-state index in [0.29, 0.717) is 0 Å². The Morgan fingerprint density at radius 1 is 2.40 bits per heavy atom. The summed E-state index contributed by atoms with van der Waals surface area (Å²) in [4.78, 5) is 12.6. The maximum Gasteiger partial charge on any atom is 0.339 e. The van der Waals surface area contributed by atoms with Crippen LogP contribution in [-0.4, -0.2) is 11.2 Å². The number of carbonyl (C=O) groups excluding carboxylic acids is 1. The van der Waals surface area contributed by atoms with Gasteiger partial charge < -0.3 is 4.89 Å². The molecule has 0 unspecified atom stereocenters. The first-order valence-corrected chi connectivity index (χ1v) is 0.944. The van der Waals surface area contributed by atoms with E-state index in [-0.39, 0.29) is 0 Å². The van der Waals surface area contributed by atoms with Gasteiger partial charge in [-0.15, -0.1) is 0 Å². The van der Waals surface area contributed by atoms with Crippen LogP contribution >= 0.6 is 0 Å². The molecule has 0 aliphatic rings. The first-order chi connectivity index (χ1) is 2.81. The van der Waals surface area contributed by atoms with E-state index in [9.17, 15) is 4.79 Å². The Labute approximate surface area is 30.5 Å². The lowest BCUT2D eigenvalue weighted by Gasteiger charge is -1.76. The molecule has 0 aromatic carbocycles. The predicted molar refractivity (Wildman–Crippen MR) is 14.4 cm³/mol. The quantitative estimate of drug-likeness (QED) is 0.327. The van der Waals surface area contributed by atoms with E-state index in [1.807, 2.05) is 0 Å². The van der Waals surface area contributed by atoms with Gasteiger partial charge in [0, 0.05) is 8.27 Å². The number of carbonyl (C=O) groups is 1. The normalized spacial score (nSPS) is 9.40. The minimum atomic E-state index is -0.935. The van der Waals surface area contributed by atoms with E-state index >= 15 is 0 Å². The summed E-state index contributed by atoms with van der Waals surface area (Å²) in [6.45, 7) is -0.531. The Morgan fingerprint density at radius 2 is 3.00 bits per heavy atom. The Bertz CT molecular complexity index is 46.8. The van der Waals surface area contributed by atoms with Crippen LogP contribution < -0.4 is 0 Å². The summed E-state index contributed by atoms with van der Waals surface area (Å²) in [6.07, 6.45) is 0. The molecule has 0 fully saturated rings. The Hall–Kier alpha value is -0.570. The van der Waals surface area contributed by atoms with Crippen LogP contribution in [0.25, 0.3) is 0 Å². The molecular formula is C2H4O3. The van der Waals surface area contributed by atoms with E-state index < -0.39 is 12.9 Å². The molecule has 0 saturated carbocycles. The Morgan fingerprint density at radius 3 is 3.00 bits per heavy atom.